The molecule has 0 unspecified atom stereocenters. The van der Waals surface area contributed by atoms with E-state index in [2.05, 4.69) is 0 Å². The monoisotopic (exact) mass is 256 g/mol. The molecule has 6 heteroatoms. The lowest BCUT2D eigenvalue weighted by molar-refractivity contribution is -0.808. The van der Waals surface area contributed by atoms with Crippen LogP contribution in [0, 0.1) is 6.92 Å². The van der Waals surface area contributed by atoms with Crippen molar-refractivity contribution in [3.05, 3.63) is 16.0 Å². The van der Waals surface area contributed by atoms with Gasteiger partial charge in [-0.05, 0) is 19.4 Å². The highest BCUT2D eigenvalue weighted by molar-refractivity contribution is 7.17. The summed E-state index contributed by atoms with van der Waals surface area (Å²) < 4.78 is 0. The Morgan fingerprint density at radius 1 is 1.29 bits per heavy atom. The van der Waals surface area contributed by atoms with E-state index in [-0.39, 0.29) is 11.6 Å². The zero-order valence-electron chi connectivity index (χ0n) is 10.1. The Morgan fingerprint density at radius 3 is 2.29 bits per heavy atom. The van der Waals surface area contributed by atoms with E-state index in [0.29, 0.717) is 21.0 Å². The quantitative estimate of drug-likeness (QED) is 0.497. The highest BCUT2D eigenvalue weighted by Crippen LogP contribution is 2.30. The van der Waals surface area contributed by atoms with E-state index in [1.165, 1.54) is 26.3 Å². The van der Waals surface area contributed by atoms with Crippen LogP contribution in [0.1, 0.15) is 46.4 Å². The minimum absolute atomic E-state index is 0.0996. The molecule has 0 aromatic carbocycles. The summed E-state index contributed by atoms with van der Waals surface area (Å²) in [7, 11) is 0. The molecule has 1 radical (unpaired) electrons. The number of hydrogen-bond donors (Lipinski definition) is 1. The van der Waals surface area contributed by atoms with Crippen LogP contribution < -0.4 is 5.48 Å². The van der Waals surface area contributed by atoms with Gasteiger partial charge >= 0.3 is 11.8 Å². The van der Waals surface area contributed by atoms with Gasteiger partial charge in [-0.15, -0.1) is 5.48 Å². The largest absolute Gasteiger partial charge is 0.478 e. The summed E-state index contributed by atoms with van der Waals surface area (Å²) >= 11 is 1.16. The summed E-state index contributed by atoms with van der Waals surface area (Å²) in [5, 5.41) is 0.510. The maximum Gasteiger partial charge on any atom is 0.478 e. The first-order valence-corrected chi connectivity index (χ1v) is 5.82. The smallest absolute Gasteiger partial charge is 0.294 e. The van der Waals surface area contributed by atoms with Gasteiger partial charge in [0, 0.05) is 6.92 Å². The summed E-state index contributed by atoms with van der Waals surface area (Å²) in [5.74, 6) is -0.711. The SMILES string of the molecule is CC(=O)O[NH2+]c1sc(C(C)=O)c(C)c1C(C)=[O+]. The standard InChI is InChI=1S/C11H13NO4S/c1-5-9(6(2)13)11(12-16-8(4)15)17-10(5)7(3)14/h12H,1-4H3/q+1/p+1. The van der Waals surface area contributed by atoms with Gasteiger partial charge in [0.15, 0.2) is 11.3 Å². The molecule has 1 heterocycles. The van der Waals surface area contributed by atoms with Crippen LogP contribution in [0.3, 0.4) is 0 Å². The summed E-state index contributed by atoms with van der Waals surface area (Å²) in [4.78, 5) is 38.9. The summed E-state index contributed by atoms with van der Waals surface area (Å²) in [6, 6.07) is 0. The lowest BCUT2D eigenvalue weighted by Crippen LogP contribution is -2.77. The number of ketones is 2. The maximum absolute atomic E-state index is 11.5. The lowest BCUT2D eigenvalue weighted by Gasteiger charge is -1.94. The Hall–Kier alpha value is -1.53. The molecule has 0 aliphatic rings. The lowest BCUT2D eigenvalue weighted by atomic mass is 10.1. The first kappa shape index (κ1) is 13.5. The molecule has 0 aliphatic carbocycles. The topological polar surface area (TPSA) is 79.9 Å². The zero-order valence-corrected chi connectivity index (χ0v) is 10.9. The third kappa shape index (κ3) is 2.98. The van der Waals surface area contributed by atoms with Crippen molar-refractivity contribution in [2.45, 2.75) is 27.7 Å². The van der Waals surface area contributed by atoms with E-state index in [0.717, 1.165) is 11.3 Å². The van der Waals surface area contributed by atoms with Crippen LogP contribution in [0.15, 0.2) is 0 Å². The minimum Gasteiger partial charge on any atom is -0.294 e. The van der Waals surface area contributed by atoms with E-state index in [1.807, 2.05) is 0 Å². The Bertz CT molecular complexity index is 490. The first-order valence-electron chi connectivity index (χ1n) is 5.00. The van der Waals surface area contributed by atoms with Crippen LogP contribution in [0.2, 0.25) is 0 Å². The number of thiophene rings is 1. The Morgan fingerprint density at radius 2 is 1.88 bits per heavy atom. The summed E-state index contributed by atoms with van der Waals surface area (Å²) in [6.45, 7) is 5.85. The molecule has 0 amide bonds. The van der Waals surface area contributed by atoms with Crippen molar-refractivity contribution in [2.75, 3.05) is 0 Å². The molecule has 1 aromatic heterocycles. The predicted octanol–water partition coefficient (Wildman–Crippen LogP) is 1.13. The van der Waals surface area contributed by atoms with Crippen molar-refractivity contribution < 1.29 is 24.7 Å². The second kappa shape index (κ2) is 5.20. The molecular weight excluding hydrogens is 242 g/mol. The molecule has 0 spiro atoms. The van der Waals surface area contributed by atoms with Crippen molar-refractivity contribution in [2.24, 2.45) is 0 Å². The summed E-state index contributed by atoms with van der Waals surface area (Å²) in [5.41, 5.74) is 2.32. The third-order valence-electron chi connectivity index (χ3n) is 2.18. The van der Waals surface area contributed by atoms with Crippen LogP contribution in [0.4, 0.5) is 5.00 Å². The van der Waals surface area contributed by atoms with Gasteiger partial charge in [-0.3, -0.25) is 9.63 Å². The van der Waals surface area contributed by atoms with Crippen molar-refractivity contribution in [3.8, 4) is 0 Å². The van der Waals surface area contributed by atoms with Crippen LogP contribution in [-0.4, -0.2) is 17.5 Å². The number of nitrogens with two attached hydrogens (primary N) is 1. The Labute approximate surface area is 103 Å². The first-order chi connectivity index (χ1) is 7.84. The van der Waals surface area contributed by atoms with Crippen molar-refractivity contribution in [1.29, 1.82) is 0 Å². The molecule has 1 aromatic rings. The fraction of sp³-hybridized carbons (Fsp3) is 0.364. The molecule has 0 fully saturated rings. The van der Waals surface area contributed by atoms with E-state index in [1.54, 1.807) is 6.92 Å². The number of quaternary nitrogens is 1. The normalized spacial score (nSPS) is 10.1. The molecule has 17 heavy (non-hydrogen) atoms. The van der Waals surface area contributed by atoms with Gasteiger partial charge in [-0.2, -0.15) is 0 Å². The van der Waals surface area contributed by atoms with Gasteiger partial charge in [0.25, 0.3) is 0 Å². The highest BCUT2D eigenvalue weighted by atomic mass is 32.1. The van der Waals surface area contributed by atoms with E-state index < -0.39 is 5.97 Å². The van der Waals surface area contributed by atoms with Gasteiger partial charge in [0.2, 0.25) is 9.80 Å². The van der Waals surface area contributed by atoms with Crippen LogP contribution in [-0.2, 0) is 9.63 Å². The Balaban J connectivity index is 3.19. The fourth-order valence-electron chi connectivity index (χ4n) is 1.53. The molecule has 0 atom stereocenters. The van der Waals surface area contributed by atoms with Gasteiger partial charge < -0.3 is 0 Å². The molecular formula is C11H14NO4S+2. The van der Waals surface area contributed by atoms with E-state index in [4.69, 9.17) is 4.84 Å². The van der Waals surface area contributed by atoms with Crippen LogP contribution in [0.25, 0.3) is 0 Å². The van der Waals surface area contributed by atoms with Gasteiger partial charge in [0.1, 0.15) is 0 Å². The number of Topliss-reactive ketones (excluding diaryl/α,β-unsaturated/α-hetero) is 2. The summed E-state index contributed by atoms with van der Waals surface area (Å²) in [6.07, 6.45) is 0. The molecule has 5 nitrogen and oxygen atoms in total. The van der Waals surface area contributed by atoms with Crippen LogP contribution in [0.5, 0.6) is 0 Å². The number of rotatable bonds is 4. The number of carbonyl (C=O) groups is 3. The molecule has 0 saturated heterocycles. The minimum atomic E-state index is -0.463. The molecule has 0 aliphatic heterocycles. The predicted molar refractivity (Wildman–Crippen MR) is 62.4 cm³/mol. The zero-order chi connectivity index (χ0) is 13.2. The van der Waals surface area contributed by atoms with Gasteiger partial charge in [-0.25, -0.2) is 4.79 Å². The van der Waals surface area contributed by atoms with Crippen molar-refractivity contribution >= 4 is 33.9 Å². The third-order valence-corrected chi connectivity index (χ3v) is 3.50. The maximum atomic E-state index is 11.5. The molecule has 1 rings (SSSR count). The fourth-order valence-corrected chi connectivity index (χ4v) is 2.64. The number of carbonyl (C=O) groups excluding carboxylic acids is 3. The van der Waals surface area contributed by atoms with E-state index in [9.17, 15) is 14.4 Å². The van der Waals surface area contributed by atoms with Gasteiger partial charge in [-0.1, -0.05) is 11.3 Å². The highest BCUT2D eigenvalue weighted by Gasteiger charge is 2.31. The van der Waals surface area contributed by atoms with E-state index >= 15 is 0 Å². The molecule has 2 N–H and O–H groups in total. The van der Waals surface area contributed by atoms with Gasteiger partial charge in [0.05, 0.1) is 11.8 Å². The van der Waals surface area contributed by atoms with Crippen molar-refractivity contribution in [3.63, 3.8) is 0 Å². The van der Waals surface area contributed by atoms with Crippen LogP contribution >= 0.6 is 11.3 Å². The number of hydrogen-bond acceptors (Lipinski definition) is 5. The Kier molecular flexibility index (Phi) is 4.14. The average Bonchev–Trinajstić information content (AvgIpc) is 2.52. The molecule has 91 valence electrons. The molecule has 0 bridgehead atoms. The van der Waals surface area contributed by atoms with Crippen molar-refractivity contribution in [1.82, 2.24) is 0 Å². The second-order valence-electron chi connectivity index (χ2n) is 3.64. The second-order valence-corrected chi connectivity index (χ2v) is 4.69. The average molecular weight is 256 g/mol. The molecule has 0 saturated carbocycles.